The zero-order valence-electron chi connectivity index (χ0n) is 15.3. The van der Waals surface area contributed by atoms with Gasteiger partial charge in [-0.1, -0.05) is 48.0 Å². The minimum absolute atomic E-state index is 0.176. The van der Waals surface area contributed by atoms with Crippen LogP contribution in [0.3, 0.4) is 0 Å². The number of carbonyl (C=O) groups excluding carboxylic acids is 1. The molecule has 0 unspecified atom stereocenters. The molecular formula is C22H23N3O. The molecule has 0 atom stereocenters. The predicted octanol–water partition coefficient (Wildman–Crippen LogP) is 3.70. The van der Waals surface area contributed by atoms with Crippen molar-refractivity contribution in [2.75, 3.05) is 24.5 Å². The normalized spacial score (nSPS) is 14.9. The lowest BCUT2D eigenvalue weighted by atomic mass is 10.1. The molecule has 0 radical (unpaired) electrons. The number of benzene rings is 2. The van der Waals surface area contributed by atoms with Crippen LogP contribution in [-0.2, 0) is 11.3 Å². The van der Waals surface area contributed by atoms with Crippen LogP contribution >= 0.6 is 0 Å². The first-order chi connectivity index (χ1) is 12.6. The third-order valence-electron chi connectivity index (χ3n) is 4.98. The molecule has 0 aliphatic carbocycles. The molecule has 1 saturated heterocycles. The summed E-state index contributed by atoms with van der Waals surface area (Å²) in [5.41, 5.74) is 5.49. The molecule has 0 bridgehead atoms. The maximum absolute atomic E-state index is 12.7. The van der Waals surface area contributed by atoms with Gasteiger partial charge in [-0.25, -0.2) is 0 Å². The van der Waals surface area contributed by atoms with E-state index in [0.717, 1.165) is 35.4 Å². The third kappa shape index (κ3) is 3.27. The highest BCUT2D eigenvalue weighted by molar-refractivity contribution is 5.94. The molecule has 1 aromatic heterocycles. The Morgan fingerprint density at radius 1 is 1.00 bits per heavy atom. The van der Waals surface area contributed by atoms with Gasteiger partial charge in [0, 0.05) is 36.4 Å². The number of amides is 1. The summed E-state index contributed by atoms with van der Waals surface area (Å²) in [4.78, 5) is 21.5. The second kappa shape index (κ2) is 6.79. The van der Waals surface area contributed by atoms with Crippen molar-refractivity contribution in [2.45, 2.75) is 20.4 Å². The van der Waals surface area contributed by atoms with Crippen molar-refractivity contribution in [1.82, 2.24) is 9.88 Å². The van der Waals surface area contributed by atoms with E-state index in [1.165, 1.54) is 11.1 Å². The van der Waals surface area contributed by atoms with Crippen LogP contribution in [0, 0.1) is 13.8 Å². The minimum atomic E-state index is 0.176. The first-order valence-corrected chi connectivity index (χ1v) is 9.05. The number of carbonyl (C=O) groups is 1. The van der Waals surface area contributed by atoms with Gasteiger partial charge in [-0.05, 0) is 31.5 Å². The van der Waals surface area contributed by atoms with E-state index in [1.807, 2.05) is 30.0 Å². The Hall–Kier alpha value is -2.88. The molecule has 26 heavy (non-hydrogen) atoms. The van der Waals surface area contributed by atoms with Gasteiger partial charge in [0.25, 0.3) is 0 Å². The lowest BCUT2D eigenvalue weighted by Gasteiger charge is -2.36. The predicted molar refractivity (Wildman–Crippen MR) is 105 cm³/mol. The topological polar surface area (TPSA) is 36.4 Å². The van der Waals surface area contributed by atoms with Crippen molar-refractivity contribution in [1.29, 1.82) is 0 Å². The van der Waals surface area contributed by atoms with Crippen LogP contribution in [-0.4, -0.2) is 35.4 Å². The first-order valence-electron chi connectivity index (χ1n) is 9.05. The fraction of sp³-hybridized carbons (Fsp3) is 0.273. The molecule has 1 fully saturated rings. The molecule has 3 aromatic rings. The monoisotopic (exact) mass is 345 g/mol. The van der Waals surface area contributed by atoms with Gasteiger partial charge in [-0.15, -0.1) is 0 Å². The maximum Gasteiger partial charge on any atom is 0.242 e. The number of nitrogens with zero attached hydrogens (tertiary/aromatic N) is 3. The number of hydrogen-bond donors (Lipinski definition) is 0. The van der Waals surface area contributed by atoms with E-state index in [0.29, 0.717) is 13.1 Å². The zero-order chi connectivity index (χ0) is 18.1. The minimum Gasteiger partial charge on any atom is -0.360 e. The van der Waals surface area contributed by atoms with Gasteiger partial charge in [0.1, 0.15) is 0 Å². The van der Waals surface area contributed by atoms with Crippen LogP contribution in [0.2, 0.25) is 0 Å². The van der Waals surface area contributed by atoms with E-state index in [2.05, 4.69) is 53.2 Å². The van der Waals surface area contributed by atoms with E-state index in [-0.39, 0.29) is 5.91 Å². The molecule has 1 aliphatic heterocycles. The number of aromatic nitrogens is 1. The molecule has 2 heterocycles. The summed E-state index contributed by atoms with van der Waals surface area (Å²) in [5.74, 6) is 0.176. The van der Waals surface area contributed by atoms with E-state index in [9.17, 15) is 4.79 Å². The lowest BCUT2D eigenvalue weighted by Crippen LogP contribution is -2.50. The number of piperazine rings is 1. The van der Waals surface area contributed by atoms with Gasteiger partial charge in [0.15, 0.2) is 0 Å². The van der Waals surface area contributed by atoms with Crippen molar-refractivity contribution in [3.05, 3.63) is 71.4 Å². The summed E-state index contributed by atoms with van der Waals surface area (Å²) in [6.07, 6.45) is 0. The summed E-state index contributed by atoms with van der Waals surface area (Å²) < 4.78 is 0. The molecule has 4 heteroatoms. The summed E-state index contributed by atoms with van der Waals surface area (Å²) in [7, 11) is 0. The van der Waals surface area contributed by atoms with E-state index in [1.54, 1.807) is 0 Å². The summed E-state index contributed by atoms with van der Waals surface area (Å²) in [6.45, 7) is 6.76. The van der Waals surface area contributed by atoms with Crippen LogP contribution in [0.4, 0.5) is 5.69 Å². The second-order valence-corrected chi connectivity index (χ2v) is 7.02. The van der Waals surface area contributed by atoms with Gasteiger partial charge >= 0.3 is 0 Å². The molecule has 2 aromatic carbocycles. The second-order valence-electron chi connectivity index (χ2n) is 7.02. The van der Waals surface area contributed by atoms with Crippen molar-refractivity contribution in [2.24, 2.45) is 0 Å². The average molecular weight is 345 g/mol. The molecule has 0 spiro atoms. The first kappa shape index (κ1) is 16.6. The number of para-hydroxylation sites is 1. The SMILES string of the molecule is Cc1ccc(CN2CCN(c3cc(C)nc4ccccc34)CC2=O)cc1. The number of fused-ring (bicyclic) bond motifs is 1. The lowest BCUT2D eigenvalue weighted by molar-refractivity contribution is -0.131. The molecule has 1 aliphatic rings. The van der Waals surface area contributed by atoms with Gasteiger partial charge in [0.05, 0.1) is 12.1 Å². The Kier molecular flexibility index (Phi) is 4.33. The Balaban J connectivity index is 1.54. The van der Waals surface area contributed by atoms with Crippen molar-refractivity contribution in [3.63, 3.8) is 0 Å². The molecule has 0 N–H and O–H groups in total. The Morgan fingerprint density at radius 2 is 1.77 bits per heavy atom. The van der Waals surface area contributed by atoms with Crippen LogP contribution < -0.4 is 4.90 Å². The van der Waals surface area contributed by atoms with Crippen molar-refractivity contribution < 1.29 is 4.79 Å². The Morgan fingerprint density at radius 3 is 2.54 bits per heavy atom. The van der Waals surface area contributed by atoms with Gasteiger partial charge in [-0.2, -0.15) is 0 Å². The average Bonchev–Trinajstić information content (AvgIpc) is 2.64. The largest absolute Gasteiger partial charge is 0.360 e. The van der Waals surface area contributed by atoms with Crippen LogP contribution in [0.25, 0.3) is 10.9 Å². The highest BCUT2D eigenvalue weighted by Crippen LogP contribution is 2.28. The van der Waals surface area contributed by atoms with Crippen molar-refractivity contribution >= 4 is 22.5 Å². The van der Waals surface area contributed by atoms with Crippen LogP contribution in [0.1, 0.15) is 16.8 Å². The fourth-order valence-corrected chi connectivity index (χ4v) is 3.54. The highest BCUT2D eigenvalue weighted by atomic mass is 16.2. The third-order valence-corrected chi connectivity index (χ3v) is 4.98. The maximum atomic E-state index is 12.7. The Bertz CT molecular complexity index is 949. The number of hydrogen-bond acceptors (Lipinski definition) is 3. The zero-order valence-corrected chi connectivity index (χ0v) is 15.3. The van der Waals surface area contributed by atoms with Crippen LogP contribution in [0.15, 0.2) is 54.6 Å². The fourth-order valence-electron chi connectivity index (χ4n) is 3.54. The molecule has 4 nitrogen and oxygen atoms in total. The molecule has 0 saturated carbocycles. The Labute approximate surface area is 154 Å². The summed E-state index contributed by atoms with van der Waals surface area (Å²) in [6, 6.07) is 18.6. The van der Waals surface area contributed by atoms with Gasteiger partial charge in [-0.3, -0.25) is 9.78 Å². The van der Waals surface area contributed by atoms with E-state index < -0.39 is 0 Å². The molecular weight excluding hydrogens is 322 g/mol. The highest BCUT2D eigenvalue weighted by Gasteiger charge is 2.25. The molecule has 1 amide bonds. The van der Waals surface area contributed by atoms with E-state index in [4.69, 9.17) is 0 Å². The van der Waals surface area contributed by atoms with Gasteiger partial charge < -0.3 is 9.80 Å². The molecule has 4 rings (SSSR count). The van der Waals surface area contributed by atoms with E-state index >= 15 is 0 Å². The quantitative estimate of drug-likeness (QED) is 0.726. The summed E-state index contributed by atoms with van der Waals surface area (Å²) in [5, 5.41) is 1.11. The summed E-state index contributed by atoms with van der Waals surface area (Å²) >= 11 is 0. The standard InChI is InChI=1S/C22H23N3O/c1-16-7-9-18(10-8-16)14-25-12-11-24(15-22(25)26)21-13-17(2)23-20-6-4-3-5-19(20)21/h3-10,13H,11-12,14-15H2,1-2H3. The number of rotatable bonds is 3. The van der Waals surface area contributed by atoms with Crippen LogP contribution in [0.5, 0.6) is 0 Å². The van der Waals surface area contributed by atoms with Crippen molar-refractivity contribution in [3.8, 4) is 0 Å². The smallest absolute Gasteiger partial charge is 0.242 e. The number of aryl methyl sites for hydroxylation is 2. The number of anilines is 1. The number of pyridine rings is 1. The molecule has 132 valence electrons. The van der Waals surface area contributed by atoms with Gasteiger partial charge in [0.2, 0.25) is 5.91 Å².